The average molecular weight is 449 g/mol. The molecule has 2 N–H and O–H groups in total. The first-order valence-electron chi connectivity index (χ1n) is 12.0. The van der Waals surface area contributed by atoms with Crippen LogP contribution in [0.3, 0.4) is 0 Å². The number of carbonyl (C=O) groups excluding carboxylic acids is 1. The van der Waals surface area contributed by atoms with E-state index in [2.05, 4.69) is 64.4 Å². The summed E-state index contributed by atoms with van der Waals surface area (Å²) < 4.78 is 6.26. The van der Waals surface area contributed by atoms with Crippen molar-refractivity contribution in [2.45, 2.75) is 46.5 Å². The first-order chi connectivity index (χ1) is 15.8. The van der Waals surface area contributed by atoms with E-state index >= 15 is 0 Å². The first-order valence-corrected chi connectivity index (χ1v) is 12.0. The predicted molar refractivity (Wildman–Crippen MR) is 134 cm³/mol. The van der Waals surface area contributed by atoms with Gasteiger partial charge in [-0.2, -0.15) is 0 Å². The second kappa shape index (κ2) is 9.96. The number of aromatic amines is 1. The zero-order chi connectivity index (χ0) is 23.5. The minimum absolute atomic E-state index is 0.0851. The van der Waals surface area contributed by atoms with Crippen LogP contribution >= 0.6 is 0 Å². The van der Waals surface area contributed by atoms with Gasteiger partial charge in [-0.05, 0) is 87.5 Å². The van der Waals surface area contributed by atoms with E-state index in [1.807, 2.05) is 13.8 Å². The summed E-state index contributed by atoms with van der Waals surface area (Å²) in [7, 11) is 1.69. The Bertz CT molecular complexity index is 1110. The van der Waals surface area contributed by atoms with E-state index in [-0.39, 0.29) is 5.91 Å². The second-order valence-electron chi connectivity index (χ2n) is 9.62. The number of aromatic nitrogens is 2. The molecule has 1 amide bonds. The number of ether oxygens (including phenoxy) is 1. The van der Waals surface area contributed by atoms with Gasteiger partial charge in [0.2, 0.25) is 5.91 Å². The molecule has 3 aromatic rings. The standard InChI is InChI=1S/C27H36N4O2/c1-17(2)26-23-14-22(33-16-20-8-10-31(11-9-20)15-25(32)28-5)6-7-24(23)30-27(26)21-12-18(3)29-19(4)13-21/h6-7,12-14,17,20,30H,8-11,15-16H2,1-5H3,(H,28,32). The van der Waals surface area contributed by atoms with Gasteiger partial charge in [0, 0.05) is 34.9 Å². The van der Waals surface area contributed by atoms with Crippen LogP contribution in [0, 0.1) is 19.8 Å². The minimum atomic E-state index is 0.0851. The molecule has 0 unspecified atom stereocenters. The number of nitrogens with zero attached hydrogens (tertiary/aromatic N) is 2. The lowest BCUT2D eigenvalue weighted by atomic mass is 9.95. The molecule has 0 radical (unpaired) electrons. The molecule has 0 spiro atoms. The Balaban J connectivity index is 1.49. The largest absolute Gasteiger partial charge is 0.493 e. The number of aryl methyl sites for hydroxylation is 2. The van der Waals surface area contributed by atoms with Crippen LogP contribution in [0.2, 0.25) is 0 Å². The molecule has 2 aromatic heterocycles. The Morgan fingerprint density at radius 2 is 1.88 bits per heavy atom. The van der Waals surface area contributed by atoms with E-state index in [9.17, 15) is 4.79 Å². The van der Waals surface area contributed by atoms with Crippen molar-refractivity contribution in [1.82, 2.24) is 20.2 Å². The lowest BCUT2D eigenvalue weighted by Crippen LogP contribution is -2.41. The monoisotopic (exact) mass is 448 g/mol. The fraction of sp³-hybridized carbons (Fsp3) is 0.481. The van der Waals surface area contributed by atoms with E-state index in [4.69, 9.17) is 4.74 Å². The van der Waals surface area contributed by atoms with Gasteiger partial charge >= 0.3 is 0 Å². The molecule has 6 nitrogen and oxygen atoms in total. The van der Waals surface area contributed by atoms with Crippen molar-refractivity contribution in [2.75, 3.05) is 33.3 Å². The molecule has 1 aliphatic rings. The van der Waals surface area contributed by atoms with Gasteiger partial charge < -0.3 is 15.0 Å². The maximum atomic E-state index is 11.6. The summed E-state index contributed by atoms with van der Waals surface area (Å²) in [6.07, 6.45) is 2.12. The Labute approximate surface area is 196 Å². The van der Waals surface area contributed by atoms with Gasteiger partial charge in [-0.15, -0.1) is 0 Å². The fourth-order valence-corrected chi connectivity index (χ4v) is 4.90. The van der Waals surface area contributed by atoms with E-state index in [0.29, 0.717) is 18.4 Å². The third-order valence-electron chi connectivity index (χ3n) is 6.60. The van der Waals surface area contributed by atoms with Crippen molar-refractivity contribution in [3.63, 3.8) is 0 Å². The van der Waals surface area contributed by atoms with Crippen molar-refractivity contribution < 1.29 is 9.53 Å². The van der Waals surface area contributed by atoms with Gasteiger partial charge in [0.1, 0.15) is 5.75 Å². The molecular weight excluding hydrogens is 412 g/mol. The number of likely N-dealkylation sites (tertiary alicyclic amines) is 1. The maximum absolute atomic E-state index is 11.6. The smallest absolute Gasteiger partial charge is 0.233 e. The molecule has 0 bridgehead atoms. The number of nitrogens with one attached hydrogen (secondary N) is 2. The van der Waals surface area contributed by atoms with Gasteiger partial charge in [-0.1, -0.05) is 13.8 Å². The molecule has 1 saturated heterocycles. The van der Waals surface area contributed by atoms with Crippen LogP contribution in [0.25, 0.3) is 22.2 Å². The number of amides is 1. The Morgan fingerprint density at radius 1 is 1.18 bits per heavy atom. The molecule has 0 atom stereocenters. The third kappa shape index (κ3) is 5.38. The highest BCUT2D eigenvalue weighted by Crippen LogP contribution is 2.37. The summed E-state index contributed by atoms with van der Waals surface area (Å²) >= 11 is 0. The Hall–Kier alpha value is -2.86. The number of rotatable bonds is 7. The zero-order valence-electron chi connectivity index (χ0n) is 20.5. The van der Waals surface area contributed by atoms with Crippen molar-refractivity contribution in [3.05, 3.63) is 47.3 Å². The number of carbonyl (C=O) groups is 1. The number of hydrogen-bond acceptors (Lipinski definition) is 4. The van der Waals surface area contributed by atoms with Gasteiger partial charge in [-0.25, -0.2) is 0 Å². The van der Waals surface area contributed by atoms with Crippen LogP contribution in [0.5, 0.6) is 5.75 Å². The van der Waals surface area contributed by atoms with E-state index in [0.717, 1.165) is 55.2 Å². The zero-order valence-corrected chi connectivity index (χ0v) is 20.5. The number of hydrogen-bond donors (Lipinski definition) is 2. The molecule has 3 heterocycles. The van der Waals surface area contributed by atoms with Gasteiger partial charge in [0.25, 0.3) is 0 Å². The van der Waals surface area contributed by atoms with E-state index in [1.54, 1.807) is 7.05 Å². The lowest BCUT2D eigenvalue weighted by molar-refractivity contribution is -0.122. The fourth-order valence-electron chi connectivity index (χ4n) is 4.90. The van der Waals surface area contributed by atoms with Crippen LogP contribution in [-0.2, 0) is 4.79 Å². The van der Waals surface area contributed by atoms with Gasteiger partial charge in [0.05, 0.1) is 18.8 Å². The molecule has 1 fully saturated rings. The molecule has 1 aliphatic heterocycles. The molecule has 0 saturated carbocycles. The van der Waals surface area contributed by atoms with Crippen LogP contribution in [-0.4, -0.2) is 54.1 Å². The normalized spacial score (nSPS) is 15.3. The quantitative estimate of drug-likeness (QED) is 0.544. The molecule has 1 aromatic carbocycles. The minimum Gasteiger partial charge on any atom is -0.493 e. The Morgan fingerprint density at radius 3 is 2.52 bits per heavy atom. The molecule has 33 heavy (non-hydrogen) atoms. The summed E-state index contributed by atoms with van der Waals surface area (Å²) in [5.74, 6) is 1.91. The highest BCUT2D eigenvalue weighted by atomic mass is 16.5. The third-order valence-corrected chi connectivity index (χ3v) is 6.60. The highest BCUT2D eigenvalue weighted by Gasteiger charge is 2.22. The van der Waals surface area contributed by atoms with Crippen molar-refractivity contribution in [1.29, 1.82) is 0 Å². The van der Waals surface area contributed by atoms with Gasteiger partial charge in [0.15, 0.2) is 0 Å². The summed E-state index contributed by atoms with van der Waals surface area (Å²) in [5.41, 5.74) is 6.88. The SMILES string of the molecule is CNC(=O)CN1CCC(COc2ccc3[nH]c(-c4cc(C)nc(C)c4)c(C(C)C)c3c2)CC1. The topological polar surface area (TPSA) is 70.2 Å². The second-order valence-corrected chi connectivity index (χ2v) is 9.62. The number of H-pyrrole nitrogens is 1. The van der Waals surface area contributed by atoms with Crippen LogP contribution in [0.4, 0.5) is 0 Å². The van der Waals surface area contributed by atoms with Crippen molar-refractivity contribution in [3.8, 4) is 17.0 Å². The van der Waals surface area contributed by atoms with Crippen LogP contribution in [0.15, 0.2) is 30.3 Å². The van der Waals surface area contributed by atoms with Crippen molar-refractivity contribution in [2.24, 2.45) is 5.92 Å². The lowest BCUT2D eigenvalue weighted by Gasteiger charge is -2.31. The number of benzene rings is 1. The maximum Gasteiger partial charge on any atom is 0.233 e. The summed E-state index contributed by atoms with van der Waals surface area (Å²) in [6.45, 7) is 11.7. The van der Waals surface area contributed by atoms with E-state index < -0.39 is 0 Å². The predicted octanol–water partition coefficient (Wildman–Crippen LogP) is 4.81. The number of piperidine rings is 1. The Kier molecular flexibility index (Phi) is 7.03. The number of likely N-dealkylation sites (N-methyl/N-ethyl adjacent to an activating group) is 1. The van der Waals surface area contributed by atoms with Gasteiger partial charge in [-0.3, -0.25) is 14.7 Å². The summed E-state index contributed by atoms with van der Waals surface area (Å²) in [6, 6.07) is 10.7. The highest BCUT2D eigenvalue weighted by molar-refractivity contribution is 5.92. The van der Waals surface area contributed by atoms with Crippen LogP contribution in [0.1, 0.15) is 49.6 Å². The van der Waals surface area contributed by atoms with Crippen LogP contribution < -0.4 is 10.1 Å². The summed E-state index contributed by atoms with van der Waals surface area (Å²) in [5, 5.41) is 3.93. The summed E-state index contributed by atoms with van der Waals surface area (Å²) in [4.78, 5) is 22.0. The molecule has 4 rings (SSSR count). The molecular formula is C27H36N4O2. The first kappa shape index (κ1) is 23.3. The molecule has 0 aliphatic carbocycles. The molecule has 176 valence electrons. The number of pyridine rings is 1. The average Bonchev–Trinajstić information content (AvgIpc) is 3.17. The molecule has 6 heteroatoms. The van der Waals surface area contributed by atoms with Crippen molar-refractivity contribution >= 4 is 16.8 Å². The van der Waals surface area contributed by atoms with E-state index in [1.165, 1.54) is 22.2 Å². The number of fused-ring (bicyclic) bond motifs is 1.